The van der Waals surface area contributed by atoms with E-state index in [4.69, 9.17) is 10.2 Å². The lowest BCUT2D eigenvalue weighted by atomic mass is 10.1. The summed E-state index contributed by atoms with van der Waals surface area (Å²) in [7, 11) is -3.52. The lowest BCUT2D eigenvalue weighted by Gasteiger charge is -2.16. The Kier molecular flexibility index (Phi) is 4.35. The van der Waals surface area contributed by atoms with Crippen LogP contribution in [-0.2, 0) is 16.6 Å². The molecule has 98 valence electrons. The van der Waals surface area contributed by atoms with E-state index in [1.165, 1.54) is 6.07 Å². The van der Waals surface area contributed by atoms with Gasteiger partial charge >= 0.3 is 0 Å². The number of rotatable bonds is 5. The molecule has 1 atom stereocenters. The molecule has 6 heteroatoms. The molecule has 1 aromatic rings. The summed E-state index contributed by atoms with van der Waals surface area (Å²) in [6, 6.07) is 1.35. The van der Waals surface area contributed by atoms with Crippen LogP contribution in [-0.4, -0.2) is 14.5 Å². The Morgan fingerprint density at radius 1 is 1.41 bits per heavy atom. The van der Waals surface area contributed by atoms with Gasteiger partial charge in [0.1, 0.15) is 16.4 Å². The highest BCUT2D eigenvalue weighted by Crippen LogP contribution is 2.20. The molecular formula is C11H20N2O3S. The lowest BCUT2D eigenvalue weighted by Crippen LogP contribution is -2.36. The van der Waals surface area contributed by atoms with Gasteiger partial charge < -0.3 is 10.2 Å². The third-order valence-corrected chi connectivity index (χ3v) is 4.42. The molecule has 0 saturated heterocycles. The van der Waals surface area contributed by atoms with Crippen molar-refractivity contribution >= 4 is 10.0 Å². The molecule has 0 bridgehead atoms. The number of nitrogens with two attached hydrogens (primary N) is 1. The second kappa shape index (κ2) is 5.20. The molecule has 0 spiro atoms. The molecule has 0 radical (unpaired) electrons. The van der Waals surface area contributed by atoms with E-state index in [1.54, 1.807) is 6.92 Å². The molecule has 0 fully saturated rings. The van der Waals surface area contributed by atoms with Gasteiger partial charge in [0.15, 0.2) is 0 Å². The second-order valence-corrected chi connectivity index (χ2v) is 6.17. The minimum atomic E-state index is -3.52. The molecule has 1 unspecified atom stereocenters. The summed E-state index contributed by atoms with van der Waals surface area (Å²) in [6.45, 7) is 7.56. The zero-order valence-corrected chi connectivity index (χ0v) is 11.5. The zero-order chi connectivity index (χ0) is 13.2. The van der Waals surface area contributed by atoms with Crippen molar-refractivity contribution in [3.63, 3.8) is 0 Å². The molecule has 0 aromatic carbocycles. The van der Waals surface area contributed by atoms with Crippen LogP contribution in [0.5, 0.6) is 0 Å². The summed E-state index contributed by atoms with van der Waals surface area (Å²) >= 11 is 0. The molecular weight excluding hydrogens is 240 g/mol. The third kappa shape index (κ3) is 3.31. The average molecular weight is 260 g/mol. The maximum atomic E-state index is 12.1. The number of aryl methyl sites for hydroxylation is 1. The number of hydrogen-bond acceptors (Lipinski definition) is 4. The molecule has 0 saturated carbocycles. The summed E-state index contributed by atoms with van der Waals surface area (Å²) in [5.41, 5.74) is 5.42. The molecule has 17 heavy (non-hydrogen) atoms. The van der Waals surface area contributed by atoms with Crippen molar-refractivity contribution < 1.29 is 12.8 Å². The first kappa shape index (κ1) is 14.2. The molecule has 3 N–H and O–H groups in total. The van der Waals surface area contributed by atoms with Crippen LogP contribution in [0.3, 0.4) is 0 Å². The fourth-order valence-electron chi connectivity index (χ4n) is 1.34. The summed E-state index contributed by atoms with van der Waals surface area (Å²) in [5.74, 6) is 1.07. The van der Waals surface area contributed by atoms with Crippen molar-refractivity contribution in [1.29, 1.82) is 0 Å². The normalized spacial score (nSPS) is 14.2. The van der Waals surface area contributed by atoms with E-state index in [9.17, 15) is 8.42 Å². The van der Waals surface area contributed by atoms with Gasteiger partial charge in [-0.1, -0.05) is 13.8 Å². The van der Waals surface area contributed by atoms with Gasteiger partial charge in [0.25, 0.3) is 0 Å². The van der Waals surface area contributed by atoms with Crippen molar-refractivity contribution in [1.82, 2.24) is 4.72 Å². The number of sulfonamides is 1. The van der Waals surface area contributed by atoms with E-state index >= 15 is 0 Å². The van der Waals surface area contributed by atoms with Crippen LogP contribution >= 0.6 is 0 Å². The Hall–Kier alpha value is -0.850. The molecule has 0 aliphatic rings. The van der Waals surface area contributed by atoms with E-state index in [1.807, 2.05) is 20.8 Å². The Morgan fingerprint density at radius 2 is 2.00 bits per heavy atom. The van der Waals surface area contributed by atoms with Crippen LogP contribution in [0.2, 0.25) is 0 Å². The predicted octanol–water partition coefficient (Wildman–Crippen LogP) is 1.37. The fourth-order valence-corrected chi connectivity index (χ4v) is 2.93. The summed E-state index contributed by atoms with van der Waals surface area (Å²) in [4.78, 5) is 0.172. The number of furan rings is 1. The quantitative estimate of drug-likeness (QED) is 0.837. The Balaban J connectivity index is 3.01. The van der Waals surface area contributed by atoms with Gasteiger partial charge in [-0.3, -0.25) is 0 Å². The smallest absolute Gasteiger partial charge is 0.244 e. The highest BCUT2D eigenvalue weighted by molar-refractivity contribution is 7.89. The van der Waals surface area contributed by atoms with Crippen molar-refractivity contribution in [3.05, 3.63) is 17.6 Å². The first-order valence-corrected chi connectivity index (χ1v) is 7.08. The van der Waals surface area contributed by atoms with E-state index in [0.29, 0.717) is 11.5 Å². The molecule has 1 heterocycles. The van der Waals surface area contributed by atoms with Gasteiger partial charge in [0.05, 0.1) is 6.54 Å². The van der Waals surface area contributed by atoms with E-state index in [2.05, 4.69) is 4.72 Å². The second-order valence-electron chi connectivity index (χ2n) is 4.49. The molecule has 5 nitrogen and oxygen atoms in total. The third-order valence-electron chi connectivity index (χ3n) is 2.76. The summed E-state index contributed by atoms with van der Waals surface area (Å²) < 4.78 is 32.0. The average Bonchev–Trinajstić information content (AvgIpc) is 2.59. The van der Waals surface area contributed by atoms with Crippen molar-refractivity contribution in [3.8, 4) is 0 Å². The fraction of sp³-hybridized carbons (Fsp3) is 0.636. The summed E-state index contributed by atoms with van der Waals surface area (Å²) in [6.07, 6.45) is 0. The standard InChI is InChI=1S/C11H20N2O3S/c1-7(2)8(3)13-17(14,15)11-5-10(6-12)16-9(11)4/h5,7-8,13H,6,12H2,1-4H3. The summed E-state index contributed by atoms with van der Waals surface area (Å²) in [5, 5.41) is 0. The highest BCUT2D eigenvalue weighted by atomic mass is 32.2. The van der Waals surface area contributed by atoms with E-state index in [-0.39, 0.29) is 23.4 Å². The van der Waals surface area contributed by atoms with Crippen LogP contribution in [0.15, 0.2) is 15.4 Å². The van der Waals surface area contributed by atoms with Crippen LogP contribution in [0.4, 0.5) is 0 Å². The molecule has 1 rings (SSSR count). The minimum absolute atomic E-state index is 0.129. The maximum Gasteiger partial charge on any atom is 0.244 e. The van der Waals surface area contributed by atoms with Gasteiger partial charge in [-0.25, -0.2) is 13.1 Å². The van der Waals surface area contributed by atoms with Gasteiger partial charge in [-0.15, -0.1) is 0 Å². The van der Waals surface area contributed by atoms with Gasteiger partial charge in [-0.2, -0.15) is 0 Å². The zero-order valence-electron chi connectivity index (χ0n) is 10.6. The highest BCUT2D eigenvalue weighted by Gasteiger charge is 2.23. The molecule has 1 aromatic heterocycles. The first-order valence-electron chi connectivity index (χ1n) is 5.59. The number of nitrogens with one attached hydrogen (secondary N) is 1. The first-order chi connectivity index (χ1) is 7.77. The maximum absolute atomic E-state index is 12.1. The lowest BCUT2D eigenvalue weighted by molar-refractivity contribution is 0.468. The SMILES string of the molecule is Cc1oc(CN)cc1S(=O)(=O)NC(C)C(C)C. The van der Waals surface area contributed by atoms with Crippen LogP contribution in [0, 0.1) is 12.8 Å². The molecule has 0 aliphatic carbocycles. The molecule has 0 aliphatic heterocycles. The van der Waals surface area contributed by atoms with Crippen LogP contribution < -0.4 is 10.5 Å². The van der Waals surface area contributed by atoms with Gasteiger partial charge in [0.2, 0.25) is 10.0 Å². The van der Waals surface area contributed by atoms with Crippen LogP contribution in [0.1, 0.15) is 32.3 Å². The van der Waals surface area contributed by atoms with Crippen molar-refractivity contribution in [2.45, 2.75) is 45.2 Å². The predicted molar refractivity (Wildman–Crippen MR) is 66.0 cm³/mol. The van der Waals surface area contributed by atoms with E-state index in [0.717, 1.165) is 0 Å². The number of hydrogen-bond donors (Lipinski definition) is 2. The molecule has 0 amide bonds. The van der Waals surface area contributed by atoms with Gasteiger partial charge in [0, 0.05) is 12.1 Å². The van der Waals surface area contributed by atoms with E-state index < -0.39 is 10.0 Å². The minimum Gasteiger partial charge on any atom is -0.464 e. The Bertz CT molecular complexity index is 477. The van der Waals surface area contributed by atoms with Crippen molar-refractivity contribution in [2.24, 2.45) is 11.7 Å². The Labute approximate surface area is 102 Å². The Morgan fingerprint density at radius 3 is 2.41 bits per heavy atom. The largest absolute Gasteiger partial charge is 0.464 e. The van der Waals surface area contributed by atoms with Gasteiger partial charge in [-0.05, 0) is 19.8 Å². The topological polar surface area (TPSA) is 85.3 Å². The van der Waals surface area contributed by atoms with Crippen molar-refractivity contribution in [2.75, 3.05) is 0 Å². The monoisotopic (exact) mass is 260 g/mol. The van der Waals surface area contributed by atoms with Crippen LogP contribution in [0.25, 0.3) is 0 Å².